The second-order valence-electron chi connectivity index (χ2n) is 7.38. The summed E-state index contributed by atoms with van der Waals surface area (Å²) in [7, 11) is -1.04. The Morgan fingerprint density at radius 1 is 1.31 bits per heavy atom. The summed E-state index contributed by atoms with van der Waals surface area (Å²) in [5.74, 6) is -1.26. The Labute approximate surface area is 167 Å². The van der Waals surface area contributed by atoms with E-state index in [4.69, 9.17) is 9.39 Å². The number of ether oxygens (including phenoxy) is 1. The molecule has 0 saturated carbocycles. The highest BCUT2D eigenvalue weighted by molar-refractivity contribution is 6.44. The van der Waals surface area contributed by atoms with Gasteiger partial charge in [-0.25, -0.2) is 4.79 Å². The standard InChI is InChI=1S/C18H22BN3O7/c23-14(7-12-17(24)21-6-5-20-12)22-8-11(9-22)28-13-2-1-10-3-4-19(27)29-16(10)15(13)18(25)26/h1-2,11-12,20,27H,3-9H2,(H,21,24)(H,25,26). The van der Waals surface area contributed by atoms with Gasteiger partial charge in [-0.1, -0.05) is 6.07 Å². The van der Waals surface area contributed by atoms with Gasteiger partial charge < -0.3 is 35.1 Å². The minimum Gasteiger partial charge on any atom is -0.535 e. The number of carboxylic acids is 1. The van der Waals surface area contributed by atoms with Gasteiger partial charge in [0.05, 0.1) is 25.6 Å². The lowest BCUT2D eigenvalue weighted by atomic mass is 9.78. The highest BCUT2D eigenvalue weighted by Crippen LogP contribution is 2.37. The lowest BCUT2D eigenvalue weighted by Gasteiger charge is -2.40. The van der Waals surface area contributed by atoms with Crippen LogP contribution in [0.3, 0.4) is 0 Å². The van der Waals surface area contributed by atoms with Gasteiger partial charge in [0.1, 0.15) is 23.2 Å². The molecule has 2 amide bonds. The molecule has 2 fully saturated rings. The molecular weight excluding hydrogens is 381 g/mol. The number of fused-ring (bicyclic) bond motifs is 1. The second-order valence-corrected chi connectivity index (χ2v) is 7.38. The van der Waals surface area contributed by atoms with Crippen LogP contribution in [0.25, 0.3) is 0 Å². The molecule has 1 aromatic rings. The van der Waals surface area contributed by atoms with Crippen molar-refractivity contribution in [2.24, 2.45) is 0 Å². The maximum absolute atomic E-state index is 12.3. The number of carbonyl (C=O) groups is 3. The fourth-order valence-corrected chi connectivity index (χ4v) is 3.73. The zero-order valence-electron chi connectivity index (χ0n) is 15.7. The van der Waals surface area contributed by atoms with Crippen molar-refractivity contribution in [3.05, 3.63) is 23.3 Å². The van der Waals surface area contributed by atoms with E-state index in [1.165, 1.54) is 0 Å². The number of amides is 2. The van der Waals surface area contributed by atoms with Gasteiger partial charge in [0.15, 0.2) is 0 Å². The molecule has 0 spiro atoms. The van der Waals surface area contributed by atoms with Crippen LogP contribution >= 0.6 is 0 Å². The summed E-state index contributed by atoms with van der Waals surface area (Å²) in [6.07, 6.45) is 0.645. The van der Waals surface area contributed by atoms with Crippen LogP contribution in [0.5, 0.6) is 11.5 Å². The van der Waals surface area contributed by atoms with Gasteiger partial charge in [-0.05, 0) is 24.4 Å². The van der Waals surface area contributed by atoms with Gasteiger partial charge in [-0.2, -0.15) is 0 Å². The lowest BCUT2D eigenvalue weighted by molar-refractivity contribution is -0.142. The molecular formula is C18H22BN3O7. The molecule has 11 heteroatoms. The molecule has 154 valence electrons. The SMILES string of the molecule is O=C(O)c1c(OC2CN(C(=O)CC3NCCNC3=O)C2)ccc2c1OB(O)CC2. The molecule has 3 aliphatic rings. The molecule has 4 rings (SSSR count). The van der Waals surface area contributed by atoms with Crippen molar-refractivity contribution in [1.29, 1.82) is 0 Å². The van der Waals surface area contributed by atoms with Gasteiger partial charge in [-0.3, -0.25) is 9.59 Å². The van der Waals surface area contributed by atoms with E-state index in [-0.39, 0.29) is 41.4 Å². The van der Waals surface area contributed by atoms with Crippen LogP contribution in [-0.4, -0.2) is 78.3 Å². The molecule has 1 atom stereocenters. The lowest BCUT2D eigenvalue weighted by Crippen LogP contribution is -2.59. The van der Waals surface area contributed by atoms with E-state index in [1.807, 2.05) is 0 Å². The van der Waals surface area contributed by atoms with E-state index in [0.717, 1.165) is 0 Å². The number of nitrogens with one attached hydrogen (secondary N) is 2. The van der Waals surface area contributed by atoms with Crippen LogP contribution in [0.15, 0.2) is 12.1 Å². The number of aryl methyl sites for hydroxylation is 1. The van der Waals surface area contributed by atoms with E-state index in [0.29, 0.717) is 44.5 Å². The van der Waals surface area contributed by atoms with Gasteiger partial charge >= 0.3 is 13.1 Å². The topological polar surface area (TPSA) is 137 Å². The number of nitrogens with zero attached hydrogens (tertiary/aromatic N) is 1. The normalized spacial score (nSPS) is 21.6. The smallest absolute Gasteiger partial charge is 0.522 e. The third-order valence-electron chi connectivity index (χ3n) is 5.33. The molecule has 0 aliphatic carbocycles. The number of carboxylic acid groups (broad SMARTS) is 1. The molecule has 3 heterocycles. The maximum atomic E-state index is 12.3. The third kappa shape index (κ3) is 4.01. The monoisotopic (exact) mass is 403 g/mol. The highest BCUT2D eigenvalue weighted by atomic mass is 16.5. The number of rotatable bonds is 5. The molecule has 1 unspecified atom stereocenters. The minimum absolute atomic E-state index is 0.0729. The maximum Gasteiger partial charge on any atom is 0.522 e. The van der Waals surface area contributed by atoms with Crippen LogP contribution in [0.1, 0.15) is 22.3 Å². The zero-order chi connectivity index (χ0) is 20.5. The van der Waals surface area contributed by atoms with Crippen molar-refractivity contribution in [3.63, 3.8) is 0 Å². The summed E-state index contributed by atoms with van der Waals surface area (Å²) < 4.78 is 11.1. The van der Waals surface area contributed by atoms with Crippen LogP contribution in [-0.2, 0) is 16.0 Å². The number of aromatic carboxylic acids is 1. The average Bonchev–Trinajstić information content (AvgIpc) is 2.65. The van der Waals surface area contributed by atoms with Crippen molar-refractivity contribution in [1.82, 2.24) is 15.5 Å². The molecule has 4 N–H and O–H groups in total. The van der Waals surface area contributed by atoms with Gasteiger partial charge in [0.25, 0.3) is 0 Å². The summed E-state index contributed by atoms with van der Waals surface area (Å²) in [4.78, 5) is 37.4. The van der Waals surface area contributed by atoms with Crippen molar-refractivity contribution < 1.29 is 33.9 Å². The Hall–Kier alpha value is -2.79. The number of piperazine rings is 1. The summed E-state index contributed by atoms with van der Waals surface area (Å²) in [6, 6.07) is 2.79. The molecule has 29 heavy (non-hydrogen) atoms. The molecule has 2 saturated heterocycles. The Kier molecular flexibility index (Phi) is 5.33. The molecule has 0 aromatic heterocycles. The molecule has 0 radical (unpaired) electrons. The number of hydrogen-bond donors (Lipinski definition) is 4. The van der Waals surface area contributed by atoms with Gasteiger partial charge in [0.2, 0.25) is 11.8 Å². The first-order valence-corrected chi connectivity index (χ1v) is 9.62. The first-order valence-electron chi connectivity index (χ1n) is 9.62. The van der Waals surface area contributed by atoms with E-state index < -0.39 is 19.1 Å². The van der Waals surface area contributed by atoms with Crippen LogP contribution in [0.4, 0.5) is 0 Å². The van der Waals surface area contributed by atoms with Crippen LogP contribution < -0.4 is 20.0 Å². The quantitative estimate of drug-likeness (QED) is 0.454. The summed E-state index contributed by atoms with van der Waals surface area (Å²) in [5.41, 5.74) is 0.595. The molecule has 10 nitrogen and oxygen atoms in total. The minimum atomic E-state index is -1.20. The third-order valence-corrected chi connectivity index (χ3v) is 5.33. The Morgan fingerprint density at radius 2 is 2.10 bits per heavy atom. The molecule has 0 bridgehead atoms. The number of likely N-dealkylation sites (tertiary alicyclic amines) is 1. The summed E-state index contributed by atoms with van der Waals surface area (Å²) in [5, 5.41) is 25.0. The van der Waals surface area contributed by atoms with E-state index in [2.05, 4.69) is 10.6 Å². The Morgan fingerprint density at radius 3 is 2.83 bits per heavy atom. The second kappa shape index (κ2) is 7.92. The van der Waals surface area contributed by atoms with E-state index in [1.54, 1.807) is 17.0 Å². The molecule has 3 aliphatic heterocycles. The number of hydrogen-bond acceptors (Lipinski definition) is 7. The zero-order valence-corrected chi connectivity index (χ0v) is 15.7. The van der Waals surface area contributed by atoms with Crippen molar-refractivity contribution in [2.75, 3.05) is 26.2 Å². The van der Waals surface area contributed by atoms with Gasteiger partial charge in [-0.15, -0.1) is 0 Å². The van der Waals surface area contributed by atoms with E-state index in [9.17, 15) is 24.5 Å². The number of benzene rings is 1. The van der Waals surface area contributed by atoms with Crippen LogP contribution in [0.2, 0.25) is 6.32 Å². The predicted molar refractivity (Wildman–Crippen MR) is 101 cm³/mol. The summed E-state index contributed by atoms with van der Waals surface area (Å²) >= 11 is 0. The van der Waals surface area contributed by atoms with Crippen molar-refractivity contribution >= 4 is 24.9 Å². The van der Waals surface area contributed by atoms with Gasteiger partial charge in [0, 0.05) is 13.1 Å². The summed E-state index contributed by atoms with van der Waals surface area (Å²) in [6.45, 7) is 1.80. The predicted octanol–water partition coefficient (Wildman–Crippen LogP) is -1.13. The number of carbonyl (C=O) groups excluding carboxylic acids is 2. The largest absolute Gasteiger partial charge is 0.535 e. The Balaban J connectivity index is 1.38. The average molecular weight is 403 g/mol. The fourth-order valence-electron chi connectivity index (χ4n) is 3.73. The van der Waals surface area contributed by atoms with E-state index >= 15 is 0 Å². The highest BCUT2D eigenvalue weighted by Gasteiger charge is 2.37. The fraction of sp³-hybridized carbons (Fsp3) is 0.500. The first-order chi connectivity index (χ1) is 13.9. The van der Waals surface area contributed by atoms with Crippen molar-refractivity contribution in [2.45, 2.75) is 31.3 Å². The van der Waals surface area contributed by atoms with Crippen molar-refractivity contribution in [3.8, 4) is 11.5 Å². The van der Waals surface area contributed by atoms with Crippen LogP contribution in [0, 0.1) is 0 Å². The first kappa shape index (κ1) is 19.5. The molecule has 1 aromatic carbocycles. The Bertz CT molecular complexity index is 843.